The molecule has 0 heterocycles. The Morgan fingerprint density at radius 1 is 1.26 bits per heavy atom. The maximum Gasteiger partial charge on any atom is 0.328 e. The van der Waals surface area contributed by atoms with Crippen LogP contribution in [0.1, 0.15) is 10.4 Å². The van der Waals surface area contributed by atoms with Gasteiger partial charge in [0.25, 0.3) is 5.91 Å². The molecule has 0 saturated heterocycles. The van der Waals surface area contributed by atoms with Gasteiger partial charge in [-0.05, 0) is 12.1 Å². The number of carbonyl (C=O) groups is 2. The average Bonchev–Trinajstić information content (AvgIpc) is 2.42. The first-order valence-electron chi connectivity index (χ1n) is 5.40. The number of ether oxygens (including phenoxy) is 2. The molecule has 1 rings (SSSR count). The van der Waals surface area contributed by atoms with E-state index in [9.17, 15) is 9.59 Å². The molecule has 0 bridgehead atoms. The minimum absolute atomic E-state index is 0.0761. The summed E-state index contributed by atoms with van der Waals surface area (Å²) in [5.74, 6) is -1.53. The number of carboxylic acids is 1. The maximum absolute atomic E-state index is 12.0. The monoisotopic (exact) mass is 269 g/mol. The van der Waals surface area contributed by atoms with Crippen LogP contribution in [0.4, 0.5) is 0 Å². The van der Waals surface area contributed by atoms with Gasteiger partial charge in [0, 0.05) is 0 Å². The third-order valence-electron chi connectivity index (χ3n) is 2.44. The highest BCUT2D eigenvalue weighted by atomic mass is 16.5. The number of aliphatic carboxylic acids is 1. The second-order valence-corrected chi connectivity index (χ2v) is 3.58. The molecular formula is C12H15NO6. The summed E-state index contributed by atoms with van der Waals surface area (Å²) in [5, 5.41) is 19.9. The molecule has 0 saturated carbocycles. The van der Waals surface area contributed by atoms with Crippen molar-refractivity contribution in [2.75, 3.05) is 20.8 Å². The first kappa shape index (κ1) is 14.8. The number of benzene rings is 1. The highest BCUT2D eigenvalue weighted by Crippen LogP contribution is 2.27. The molecule has 0 fully saturated rings. The SMILES string of the molecule is COc1cccc(OC)c1C(=O)N[C@@H](CO)C(=O)O. The molecule has 19 heavy (non-hydrogen) atoms. The zero-order valence-electron chi connectivity index (χ0n) is 10.5. The van der Waals surface area contributed by atoms with Crippen molar-refractivity contribution in [3.05, 3.63) is 23.8 Å². The Hall–Kier alpha value is -2.28. The molecule has 3 N–H and O–H groups in total. The molecular weight excluding hydrogens is 254 g/mol. The number of carbonyl (C=O) groups excluding carboxylic acids is 1. The number of methoxy groups -OCH3 is 2. The molecule has 1 aromatic rings. The van der Waals surface area contributed by atoms with Crippen molar-refractivity contribution in [1.29, 1.82) is 0 Å². The number of rotatable bonds is 6. The van der Waals surface area contributed by atoms with Gasteiger partial charge in [-0.15, -0.1) is 0 Å². The van der Waals surface area contributed by atoms with Gasteiger partial charge < -0.3 is 25.0 Å². The molecule has 0 aromatic heterocycles. The Kier molecular flexibility index (Phi) is 5.13. The van der Waals surface area contributed by atoms with Crippen LogP contribution in [0.25, 0.3) is 0 Å². The first-order valence-corrected chi connectivity index (χ1v) is 5.40. The lowest BCUT2D eigenvalue weighted by Gasteiger charge is -2.15. The van der Waals surface area contributed by atoms with E-state index in [0.717, 1.165) is 0 Å². The molecule has 1 atom stereocenters. The van der Waals surface area contributed by atoms with Crippen molar-refractivity contribution in [1.82, 2.24) is 5.32 Å². The highest BCUT2D eigenvalue weighted by Gasteiger charge is 2.24. The Balaban J connectivity index is 3.07. The maximum atomic E-state index is 12.0. The van der Waals surface area contributed by atoms with E-state index >= 15 is 0 Å². The Morgan fingerprint density at radius 3 is 2.16 bits per heavy atom. The van der Waals surface area contributed by atoms with Gasteiger partial charge in [0.15, 0.2) is 6.04 Å². The summed E-state index contributed by atoms with van der Waals surface area (Å²) in [4.78, 5) is 22.8. The summed E-state index contributed by atoms with van der Waals surface area (Å²) >= 11 is 0. The van der Waals surface area contributed by atoms with Gasteiger partial charge in [-0.2, -0.15) is 0 Å². The Bertz CT molecular complexity index is 451. The quantitative estimate of drug-likeness (QED) is 0.665. The lowest BCUT2D eigenvalue weighted by molar-refractivity contribution is -0.140. The van der Waals surface area contributed by atoms with Crippen molar-refractivity contribution in [2.45, 2.75) is 6.04 Å². The van der Waals surface area contributed by atoms with Crippen LogP contribution in [-0.4, -0.2) is 49.0 Å². The summed E-state index contributed by atoms with van der Waals surface area (Å²) in [7, 11) is 2.76. The van der Waals surface area contributed by atoms with Crippen LogP contribution in [-0.2, 0) is 4.79 Å². The van der Waals surface area contributed by atoms with E-state index < -0.39 is 24.5 Å². The van der Waals surface area contributed by atoms with Crippen molar-refractivity contribution in [3.8, 4) is 11.5 Å². The number of aliphatic hydroxyl groups is 1. The summed E-state index contributed by atoms with van der Waals surface area (Å²) < 4.78 is 10.1. The zero-order valence-corrected chi connectivity index (χ0v) is 10.5. The predicted molar refractivity (Wildman–Crippen MR) is 65.5 cm³/mol. The summed E-state index contributed by atoms with van der Waals surface area (Å²) in [6, 6.07) is 3.34. The van der Waals surface area contributed by atoms with Gasteiger partial charge in [-0.1, -0.05) is 6.07 Å². The standard InChI is InChI=1S/C12H15NO6/c1-18-8-4-3-5-9(19-2)10(8)11(15)13-7(6-14)12(16)17/h3-5,7,14H,6H2,1-2H3,(H,13,15)(H,16,17)/t7-/m0/s1. The Labute approximate surface area is 109 Å². The van der Waals surface area contributed by atoms with Gasteiger partial charge in [0.05, 0.1) is 20.8 Å². The Morgan fingerprint density at radius 2 is 1.79 bits per heavy atom. The van der Waals surface area contributed by atoms with Gasteiger partial charge >= 0.3 is 5.97 Å². The van der Waals surface area contributed by atoms with E-state index in [0.29, 0.717) is 0 Å². The molecule has 104 valence electrons. The fourth-order valence-corrected chi connectivity index (χ4v) is 1.49. The zero-order chi connectivity index (χ0) is 14.4. The lowest BCUT2D eigenvalue weighted by atomic mass is 10.1. The second-order valence-electron chi connectivity index (χ2n) is 3.58. The summed E-state index contributed by atoms with van der Waals surface area (Å²) in [5.41, 5.74) is 0.0761. The molecule has 0 unspecified atom stereocenters. The average molecular weight is 269 g/mol. The van der Waals surface area contributed by atoms with Gasteiger partial charge in [-0.3, -0.25) is 4.79 Å². The van der Waals surface area contributed by atoms with Crippen molar-refractivity contribution in [2.24, 2.45) is 0 Å². The van der Waals surface area contributed by atoms with Crippen LogP contribution in [0.2, 0.25) is 0 Å². The van der Waals surface area contributed by atoms with Crippen LogP contribution in [0.5, 0.6) is 11.5 Å². The molecule has 0 spiro atoms. The normalized spacial score (nSPS) is 11.5. The fraction of sp³-hybridized carbons (Fsp3) is 0.333. The van der Waals surface area contributed by atoms with Gasteiger partial charge in [0.1, 0.15) is 17.1 Å². The van der Waals surface area contributed by atoms with E-state index in [-0.39, 0.29) is 17.1 Å². The van der Waals surface area contributed by atoms with E-state index in [2.05, 4.69) is 5.32 Å². The van der Waals surface area contributed by atoms with Gasteiger partial charge in [-0.25, -0.2) is 4.79 Å². The summed E-state index contributed by atoms with van der Waals surface area (Å²) in [6.07, 6.45) is 0. The van der Waals surface area contributed by atoms with Crippen molar-refractivity contribution in [3.63, 3.8) is 0 Å². The van der Waals surface area contributed by atoms with Crippen LogP contribution in [0, 0.1) is 0 Å². The second kappa shape index (κ2) is 6.60. The molecule has 0 radical (unpaired) electrons. The molecule has 7 heteroatoms. The molecule has 0 aliphatic rings. The smallest absolute Gasteiger partial charge is 0.328 e. The number of aliphatic hydroxyl groups excluding tert-OH is 1. The topological polar surface area (TPSA) is 105 Å². The van der Waals surface area contributed by atoms with Crippen LogP contribution < -0.4 is 14.8 Å². The summed E-state index contributed by atoms with van der Waals surface area (Å²) in [6.45, 7) is -0.710. The molecule has 1 amide bonds. The third kappa shape index (κ3) is 3.35. The van der Waals surface area contributed by atoms with E-state index in [1.165, 1.54) is 14.2 Å². The molecule has 1 aromatic carbocycles. The van der Waals surface area contributed by atoms with E-state index in [1.807, 2.05) is 0 Å². The molecule has 7 nitrogen and oxygen atoms in total. The van der Waals surface area contributed by atoms with Crippen LogP contribution >= 0.6 is 0 Å². The van der Waals surface area contributed by atoms with E-state index in [1.54, 1.807) is 18.2 Å². The van der Waals surface area contributed by atoms with Crippen molar-refractivity contribution < 1.29 is 29.3 Å². The molecule has 0 aliphatic heterocycles. The first-order chi connectivity index (χ1) is 9.04. The number of hydrogen-bond acceptors (Lipinski definition) is 5. The number of carboxylic acid groups (broad SMARTS) is 1. The largest absolute Gasteiger partial charge is 0.496 e. The number of hydrogen-bond donors (Lipinski definition) is 3. The number of amides is 1. The fourth-order valence-electron chi connectivity index (χ4n) is 1.49. The van der Waals surface area contributed by atoms with Crippen LogP contribution in [0.15, 0.2) is 18.2 Å². The van der Waals surface area contributed by atoms with Crippen LogP contribution in [0.3, 0.4) is 0 Å². The van der Waals surface area contributed by atoms with Crippen molar-refractivity contribution >= 4 is 11.9 Å². The highest BCUT2D eigenvalue weighted by molar-refractivity contribution is 6.01. The third-order valence-corrected chi connectivity index (χ3v) is 2.44. The lowest BCUT2D eigenvalue weighted by Crippen LogP contribution is -2.43. The van der Waals surface area contributed by atoms with E-state index in [4.69, 9.17) is 19.7 Å². The predicted octanol–water partition coefficient (Wildman–Crippen LogP) is -0.121. The minimum atomic E-state index is -1.39. The molecule has 0 aliphatic carbocycles. The number of nitrogens with one attached hydrogen (secondary N) is 1. The minimum Gasteiger partial charge on any atom is -0.496 e. The van der Waals surface area contributed by atoms with Gasteiger partial charge in [0.2, 0.25) is 0 Å².